The molecule has 3 unspecified atom stereocenters. The van der Waals surface area contributed by atoms with Gasteiger partial charge in [0, 0.05) is 0 Å². The summed E-state index contributed by atoms with van der Waals surface area (Å²) >= 11 is 0. The Hall–Kier alpha value is -0.190. The second-order valence-electron chi connectivity index (χ2n) is 8.79. The van der Waals surface area contributed by atoms with Gasteiger partial charge in [0.2, 0.25) is 0 Å². The molecule has 3 rings (SSSR count). The minimum atomic E-state index is -0.485. The first-order chi connectivity index (χ1) is 10.1. The number of hydrogen-bond donors (Lipinski definition) is 0. The van der Waals surface area contributed by atoms with Crippen LogP contribution >= 0.6 is 0 Å². The van der Waals surface area contributed by atoms with Gasteiger partial charge in [0.05, 0.1) is 0 Å². The van der Waals surface area contributed by atoms with Crippen LogP contribution in [-0.4, -0.2) is 22.6 Å². The lowest BCUT2D eigenvalue weighted by Crippen LogP contribution is -2.36. The van der Waals surface area contributed by atoms with Crippen LogP contribution in [0.2, 0.25) is 0 Å². The van der Waals surface area contributed by atoms with Crippen LogP contribution in [0.4, 0.5) is 4.39 Å². The Balaban J connectivity index is 0.00000176. The highest BCUT2D eigenvalue weighted by Gasteiger charge is 2.39. The van der Waals surface area contributed by atoms with Crippen LogP contribution in [0.1, 0.15) is 84.5 Å². The molecule has 0 radical (unpaired) electrons. The molecule has 0 spiro atoms. The molecule has 0 aromatic rings. The molecule has 3 aliphatic rings. The van der Waals surface area contributed by atoms with E-state index in [1.165, 1.54) is 64.2 Å². The van der Waals surface area contributed by atoms with E-state index in [1.807, 2.05) is 0 Å². The Morgan fingerprint density at radius 3 is 1.42 bits per heavy atom. The third-order valence-corrected chi connectivity index (χ3v) is 7.26. The Kier molecular flexibility index (Phi) is 10.6. The summed E-state index contributed by atoms with van der Waals surface area (Å²) in [7, 11) is 0. The number of alkyl halides is 1. The molecule has 4 heteroatoms. The van der Waals surface area contributed by atoms with E-state index in [0.717, 1.165) is 24.2 Å². The summed E-state index contributed by atoms with van der Waals surface area (Å²) in [5.41, 5.74) is 0. The molecule has 3 saturated carbocycles. The summed E-state index contributed by atoms with van der Waals surface area (Å²) in [6.07, 6.45) is 13.8. The van der Waals surface area contributed by atoms with Gasteiger partial charge in [-0.05, 0) is 80.5 Å². The SMILES string of the molecule is CC1CCC(C2CCC(C3CCC(C)CC3)C(F)C2)CC1.O.O.O. The van der Waals surface area contributed by atoms with E-state index in [-0.39, 0.29) is 16.4 Å². The Labute approximate surface area is 147 Å². The monoisotopic (exact) mass is 348 g/mol. The van der Waals surface area contributed by atoms with Crippen molar-refractivity contribution < 1.29 is 20.8 Å². The highest BCUT2D eigenvalue weighted by molar-refractivity contribution is 4.89. The lowest BCUT2D eigenvalue weighted by Gasteiger charge is -2.42. The number of halogens is 1. The molecule has 0 aromatic heterocycles. The first-order valence-electron chi connectivity index (χ1n) is 9.77. The van der Waals surface area contributed by atoms with Crippen molar-refractivity contribution in [2.45, 2.75) is 90.6 Å². The molecule has 24 heavy (non-hydrogen) atoms. The van der Waals surface area contributed by atoms with E-state index in [1.54, 1.807) is 0 Å². The summed E-state index contributed by atoms with van der Waals surface area (Å²) in [5.74, 6) is 4.50. The summed E-state index contributed by atoms with van der Waals surface area (Å²) in [5, 5.41) is 0. The van der Waals surface area contributed by atoms with Crippen LogP contribution in [0.3, 0.4) is 0 Å². The topological polar surface area (TPSA) is 94.5 Å². The van der Waals surface area contributed by atoms with Crippen molar-refractivity contribution in [1.82, 2.24) is 0 Å². The van der Waals surface area contributed by atoms with Crippen LogP contribution in [0.5, 0.6) is 0 Å². The van der Waals surface area contributed by atoms with Crippen LogP contribution in [0.15, 0.2) is 0 Å². The van der Waals surface area contributed by atoms with E-state index in [4.69, 9.17) is 0 Å². The van der Waals surface area contributed by atoms with Gasteiger partial charge in [-0.2, -0.15) is 0 Å². The molecule has 0 saturated heterocycles. The molecule has 3 nitrogen and oxygen atoms in total. The minimum Gasteiger partial charge on any atom is -0.412 e. The second-order valence-corrected chi connectivity index (χ2v) is 8.79. The average Bonchev–Trinajstić information content (AvgIpc) is 2.49. The summed E-state index contributed by atoms with van der Waals surface area (Å²) < 4.78 is 14.8. The summed E-state index contributed by atoms with van der Waals surface area (Å²) in [4.78, 5) is 0. The fraction of sp³-hybridized carbons (Fsp3) is 1.00. The molecular formula is C20H41FO3. The molecule has 0 amide bonds. The molecular weight excluding hydrogens is 307 g/mol. The summed E-state index contributed by atoms with van der Waals surface area (Å²) in [6.45, 7) is 4.75. The fourth-order valence-electron chi connectivity index (χ4n) is 5.60. The molecule has 0 aliphatic heterocycles. The van der Waals surface area contributed by atoms with Crippen molar-refractivity contribution >= 4 is 0 Å². The fourth-order valence-corrected chi connectivity index (χ4v) is 5.60. The highest BCUT2D eigenvalue weighted by atomic mass is 19.1. The zero-order valence-corrected chi connectivity index (χ0v) is 15.7. The Morgan fingerprint density at radius 1 is 0.542 bits per heavy atom. The molecule has 3 fully saturated rings. The van der Waals surface area contributed by atoms with Crippen LogP contribution in [0.25, 0.3) is 0 Å². The van der Waals surface area contributed by atoms with E-state index in [2.05, 4.69) is 13.8 Å². The van der Waals surface area contributed by atoms with E-state index in [9.17, 15) is 4.39 Å². The third-order valence-electron chi connectivity index (χ3n) is 7.26. The first kappa shape index (κ1) is 23.8. The minimum absolute atomic E-state index is 0. The smallest absolute Gasteiger partial charge is 0.103 e. The van der Waals surface area contributed by atoms with Crippen molar-refractivity contribution in [2.75, 3.05) is 0 Å². The van der Waals surface area contributed by atoms with Crippen molar-refractivity contribution in [3.8, 4) is 0 Å². The zero-order valence-electron chi connectivity index (χ0n) is 15.7. The van der Waals surface area contributed by atoms with E-state index < -0.39 is 6.17 Å². The van der Waals surface area contributed by atoms with Crippen LogP contribution < -0.4 is 0 Å². The third kappa shape index (κ3) is 5.67. The molecule has 146 valence electrons. The first-order valence-corrected chi connectivity index (χ1v) is 9.77. The quantitative estimate of drug-likeness (QED) is 0.723. The Bertz CT molecular complexity index is 323. The highest BCUT2D eigenvalue weighted by Crippen LogP contribution is 2.46. The normalized spacial score (nSPS) is 42.9. The van der Waals surface area contributed by atoms with Gasteiger partial charge >= 0.3 is 0 Å². The predicted octanol–water partition coefficient (Wildman–Crippen LogP) is 3.92. The maximum absolute atomic E-state index is 14.8. The van der Waals surface area contributed by atoms with Crippen molar-refractivity contribution in [3.63, 3.8) is 0 Å². The second kappa shape index (κ2) is 10.7. The maximum atomic E-state index is 14.8. The van der Waals surface area contributed by atoms with Gasteiger partial charge in [-0.25, -0.2) is 4.39 Å². The lowest BCUT2D eigenvalue weighted by atomic mass is 9.64. The standard InChI is InChI=1S/C20H35F.3H2O/c1-14-3-7-16(8-4-14)18-11-12-19(20(21)13-18)17-9-5-15(2)6-10-17;;;/h14-20H,3-13H2,1-2H3;3*1H2. The van der Waals surface area contributed by atoms with Gasteiger partial charge in [0.25, 0.3) is 0 Å². The van der Waals surface area contributed by atoms with Gasteiger partial charge in [-0.15, -0.1) is 0 Å². The zero-order chi connectivity index (χ0) is 14.8. The Morgan fingerprint density at radius 2 is 0.958 bits per heavy atom. The average molecular weight is 349 g/mol. The largest absolute Gasteiger partial charge is 0.412 e. The molecule has 3 aliphatic carbocycles. The lowest BCUT2D eigenvalue weighted by molar-refractivity contribution is 0.0349. The van der Waals surface area contributed by atoms with Crippen LogP contribution in [0, 0.1) is 35.5 Å². The van der Waals surface area contributed by atoms with E-state index in [0.29, 0.717) is 17.8 Å². The van der Waals surface area contributed by atoms with E-state index >= 15 is 0 Å². The van der Waals surface area contributed by atoms with Crippen molar-refractivity contribution in [1.29, 1.82) is 0 Å². The molecule has 0 heterocycles. The summed E-state index contributed by atoms with van der Waals surface area (Å²) in [6, 6.07) is 0. The molecule has 0 bridgehead atoms. The molecule has 0 aromatic carbocycles. The van der Waals surface area contributed by atoms with Gasteiger partial charge in [-0.3, -0.25) is 0 Å². The van der Waals surface area contributed by atoms with Crippen molar-refractivity contribution in [3.05, 3.63) is 0 Å². The van der Waals surface area contributed by atoms with Crippen LogP contribution in [-0.2, 0) is 0 Å². The predicted molar refractivity (Wildman–Crippen MR) is 98.8 cm³/mol. The number of hydrogen-bond acceptors (Lipinski definition) is 0. The van der Waals surface area contributed by atoms with Gasteiger partial charge in [0.1, 0.15) is 6.17 Å². The van der Waals surface area contributed by atoms with Gasteiger partial charge < -0.3 is 16.4 Å². The number of rotatable bonds is 2. The molecule has 6 N–H and O–H groups in total. The van der Waals surface area contributed by atoms with Crippen molar-refractivity contribution in [2.24, 2.45) is 35.5 Å². The van der Waals surface area contributed by atoms with Gasteiger partial charge in [-0.1, -0.05) is 39.5 Å². The maximum Gasteiger partial charge on any atom is 0.103 e. The van der Waals surface area contributed by atoms with Gasteiger partial charge in [0.15, 0.2) is 0 Å². The molecule has 3 atom stereocenters.